The molecule has 0 saturated heterocycles. The van der Waals surface area contributed by atoms with Gasteiger partial charge in [0.1, 0.15) is 0 Å². The second kappa shape index (κ2) is 4.73. The molecule has 2 nitrogen and oxygen atoms in total. The highest BCUT2D eigenvalue weighted by Crippen LogP contribution is 2.25. The van der Waals surface area contributed by atoms with Crippen LogP contribution in [0.5, 0.6) is 0 Å². The van der Waals surface area contributed by atoms with Crippen LogP contribution >= 0.6 is 0 Å². The summed E-state index contributed by atoms with van der Waals surface area (Å²) in [6, 6.07) is 0.343. The maximum atomic E-state index is 9.02. The molecule has 1 atom stereocenters. The highest BCUT2D eigenvalue weighted by molar-refractivity contribution is 4.77. The highest BCUT2D eigenvalue weighted by atomic mass is 16.3. The third kappa shape index (κ3) is 2.46. The van der Waals surface area contributed by atoms with E-state index >= 15 is 0 Å². The first-order valence-corrected chi connectivity index (χ1v) is 4.66. The van der Waals surface area contributed by atoms with Crippen LogP contribution in [0.3, 0.4) is 0 Å². The fourth-order valence-electron chi connectivity index (χ4n) is 2.01. The van der Waals surface area contributed by atoms with Gasteiger partial charge in [-0.2, -0.15) is 0 Å². The van der Waals surface area contributed by atoms with E-state index in [0.29, 0.717) is 12.6 Å². The molecule has 1 rings (SSSR count). The second-order valence-electron chi connectivity index (χ2n) is 3.48. The minimum absolute atomic E-state index is 0.293. The van der Waals surface area contributed by atoms with Gasteiger partial charge in [0.2, 0.25) is 0 Å². The van der Waals surface area contributed by atoms with Gasteiger partial charge < -0.3 is 10.4 Å². The predicted molar refractivity (Wildman–Crippen MR) is 46.5 cm³/mol. The van der Waals surface area contributed by atoms with Crippen molar-refractivity contribution in [3.63, 3.8) is 0 Å². The third-order valence-electron chi connectivity index (χ3n) is 2.79. The Morgan fingerprint density at radius 1 is 1.36 bits per heavy atom. The minimum Gasteiger partial charge on any atom is -0.395 e. The van der Waals surface area contributed by atoms with Crippen LogP contribution in [0.15, 0.2) is 0 Å². The maximum Gasteiger partial charge on any atom is 0.0587 e. The zero-order valence-electron chi connectivity index (χ0n) is 7.34. The summed E-state index contributed by atoms with van der Waals surface area (Å²) in [7, 11) is 1.94. The lowest BCUT2D eigenvalue weighted by Crippen LogP contribution is -2.37. The number of likely N-dealkylation sites (N-methyl/N-ethyl adjacent to an activating group) is 1. The van der Waals surface area contributed by atoms with E-state index in [0.717, 1.165) is 5.92 Å². The first-order valence-electron chi connectivity index (χ1n) is 4.66. The van der Waals surface area contributed by atoms with Crippen LogP contribution in [-0.2, 0) is 0 Å². The normalized spacial score (nSPS) is 23.5. The molecule has 1 unspecified atom stereocenters. The first-order chi connectivity index (χ1) is 5.38. The molecule has 11 heavy (non-hydrogen) atoms. The lowest BCUT2D eigenvalue weighted by atomic mass is 9.84. The summed E-state index contributed by atoms with van der Waals surface area (Å²) < 4.78 is 0. The molecule has 1 fully saturated rings. The summed E-state index contributed by atoms with van der Waals surface area (Å²) >= 11 is 0. The molecule has 0 bridgehead atoms. The van der Waals surface area contributed by atoms with Crippen molar-refractivity contribution in [2.45, 2.75) is 38.1 Å². The van der Waals surface area contributed by atoms with Crippen molar-refractivity contribution in [2.24, 2.45) is 5.92 Å². The molecule has 2 N–H and O–H groups in total. The van der Waals surface area contributed by atoms with Crippen LogP contribution in [0, 0.1) is 5.92 Å². The topological polar surface area (TPSA) is 32.3 Å². The number of aliphatic hydroxyl groups is 1. The maximum absolute atomic E-state index is 9.02. The van der Waals surface area contributed by atoms with Gasteiger partial charge in [0.05, 0.1) is 6.61 Å². The van der Waals surface area contributed by atoms with Crippen LogP contribution in [-0.4, -0.2) is 24.8 Å². The van der Waals surface area contributed by atoms with Gasteiger partial charge >= 0.3 is 0 Å². The van der Waals surface area contributed by atoms with Gasteiger partial charge in [0, 0.05) is 6.04 Å². The molecule has 0 radical (unpaired) electrons. The Kier molecular flexibility index (Phi) is 3.87. The lowest BCUT2D eigenvalue weighted by molar-refractivity contribution is 0.178. The fraction of sp³-hybridized carbons (Fsp3) is 1.00. The Morgan fingerprint density at radius 3 is 2.45 bits per heavy atom. The van der Waals surface area contributed by atoms with Crippen molar-refractivity contribution < 1.29 is 5.11 Å². The van der Waals surface area contributed by atoms with Gasteiger partial charge in [-0.1, -0.05) is 19.3 Å². The van der Waals surface area contributed by atoms with E-state index in [-0.39, 0.29) is 0 Å². The number of aliphatic hydroxyl groups excluding tert-OH is 1. The molecule has 0 aromatic rings. The standard InChI is InChI=1S/C9H19NO/c1-10-9(7-11)8-5-3-2-4-6-8/h8-11H,2-7H2,1H3. The summed E-state index contributed by atoms with van der Waals surface area (Å²) in [6.07, 6.45) is 6.68. The van der Waals surface area contributed by atoms with Gasteiger partial charge in [-0.05, 0) is 25.8 Å². The average molecular weight is 157 g/mol. The zero-order chi connectivity index (χ0) is 8.10. The van der Waals surface area contributed by atoms with Crippen molar-refractivity contribution in [3.05, 3.63) is 0 Å². The van der Waals surface area contributed by atoms with Gasteiger partial charge in [0.25, 0.3) is 0 Å². The summed E-state index contributed by atoms with van der Waals surface area (Å²) in [5.41, 5.74) is 0. The Hall–Kier alpha value is -0.0800. The van der Waals surface area contributed by atoms with E-state index in [2.05, 4.69) is 5.32 Å². The minimum atomic E-state index is 0.293. The molecule has 2 heteroatoms. The molecule has 1 saturated carbocycles. The molecular formula is C9H19NO. The van der Waals surface area contributed by atoms with Crippen molar-refractivity contribution in [1.82, 2.24) is 5.32 Å². The number of hydrogen-bond donors (Lipinski definition) is 2. The Bertz CT molecular complexity index is 95.7. The number of nitrogens with one attached hydrogen (secondary N) is 1. The van der Waals surface area contributed by atoms with Gasteiger partial charge in [-0.25, -0.2) is 0 Å². The van der Waals surface area contributed by atoms with E-state index in [1.807, 2.05) is 7.05 Å². The van der Waals surface area contributed by atoms with Crippen LogP contribution in [0.2, 0.25) is 0 Å². The van der Waals surface area contributed by atoms with Gasteiger partial charge in [0.15, 0.2) is 0 Å². The van der Waals surface area contributed by atoms with Crippen molar-refractivity contribution >= 4 is 0 Å². The quantitative estimate of drug-likeness (QED) is 0.644. The van der Waals surface area contributed by atoms with Crippen LogP contribution < -0.4 is 5.32 Å². The molecule has 66 valence electrons. The molecule has 0 aromatic heterocycles. The summed E-state index contributed by atoms with van der Waals surface area (Å²) in [5, 5.41) is 12.2. The largest absolute Gasteiger partial charge is 0.395 e. The SMILES string of the molecule is CNC(CO)C1CCCCC1. The predicted octanol–water partition coefficient (Wildman–Crippen LogP) is 1.15. The Labute approximate surface area is 69.0 Å². The zero-order valence-corrected chi connectivity index (χ0v) is 7.34. The van der Waals surface area contributed by atoms with E-state index in [1.165, 1.54) is 32.1 Å². The van der Waals surface area contributed by atoms with Crippen molar-refractivity contribution in [1.29, 1.82) is 0 Å². The first kappa shape index (κ1) is 9.01. The Balaban J connectivity index is 2.30. The van der Waals surface area contributed by atoms with Gasteiger partial charge in [-0.3, -0.25) is 0 Å². The van der Waals surface area contributed by atoms with Gasteiger partial charge in [-0.15, -0.1) is 0 Å². The Morgan fingerprint density at radius 2 is 2.00 bits per heavy atom. The molecule has 0 amide bonds. The lowest BCUT2D eigenvalue weighted by Gasteiger charge is -2.28. The molecule has 0 heterocycles. The smallest absolute Gasteiger partial charge is 0.0587 e. The van der Waals surface area contributed by atoms with E-state index in [1.54, 1.807) is 0 Å². The van der Waals surface area contributed by atoms with E-state index < -0.39 is 0 Å². The fourth-order valence-corrected chi connectivity index (χ4v) is 2.01. The third-order valence-corrected chi connectivity index (χ3v) is 2.79. The average Bonchev–Trinajstić information content (AvgIpc) is 2.09. The van der Waals surface area contributed by atoms with E-state index in [4.69, 9.17) is 5.11 Å². The van der Waals surface area contributed by atoms with E-state index in [9.17, 15) is 0 Å². The van der Waals surface area contributed by atoms with Crippen molar-refractivity contribution in [3.8, 4) is 0 Å². The molecule has 1 aliphatic carbocycles. The van der Waals surface area contributed by atoms with Crippen LogP contribution in [0.1, 0.15) is 32.1 Å². The molecule has 1 aliphatic rings. The molecular weight excluding hydrogens is 138 g/mol. The van der Waals surface area contributed by atoms with Crippen LogP contribution in [0.4, 0.5) is 0 Å². The molecule has 0 aromatic carbocycles. The summed E-state index contributed by atoms with van der Waals surface area (Å²) in [4.78, 5) is 0. The summed E-state index contributed by atoms with van der Waals surface area (Å²) in [6.45, 7) is 0.293. The molecule has 0 spiro atoms. The molecule has 0 aliphatic heterocycles. The number of rotatable bonds is 3. The van der Waals surface area contributed by atoms with Crippen molar-refractivity contribution in [2.75, 3.05) is 13.7 Å². The number of hydrogen-bond acceptors (Lipinski definition) is 2. The monoisotopic (exact) mass is 157 g/mol. The highest BCUT2D eigenvalue weighted by Gasteiger charge is 2.20. The van der Waals surface area contributed by atoms with Crippen LogP contribution in [0.25, 0.3) is 0 Å². The summed E-state index contributed by atoms with van der Waals surface area (Å²) in [5.74, 6) is 0.721. The second-order valence-corrected chi connectivity index (χ2v) is 3.48.